The summed E-state index contributed by atoms with van der Waals surface area (Å²) in [6.45, 7) is 0. The monoisotopic (exact) mass is 591 g/mol. The van der Waals surface area contributed by atoms with Crippen LogP contribution < -0.4 is 14.9 Å². The molecule has 5 rings (SSSR count). The number of para-hydroxylation sites is 1. The van der Waals surface area contributed by atoms with Gasteiger partial charge in [0.15, 0.2) is 11.5 Å². The minimum atomic E-state index is -4.60. The van der Waals surface area contributed by atoms with Crippen LogP contribution in [-0.2, 0) is 6.18 Å². The van der Waals surface area contributed by atoms with Crippen molar-refractivity contribution in [2.45, 2.75) is 6.18 Å². The Morgan fingerprint density at radius 3 is 2.43 bits per heavy atom. The zero-order chi connectivity index (χ0) is 29.9. The number of fused-ring (bicyclic) bond motifs is 1. The fourth-order valence-corrected chi connectivity index (χ4v) is 4.53. The van der Waals surface area contributed by atoms with Crippen LogP contribution in [0.5, 0.6) is 11.5 Å². The van der Waals surface area contributed by atoms with Crippen molar-refractivity contribution in [3.8, 4) is 22.6 Å². The van der Waals surface area contributed by atoms with E-state index in [0.717, 1.165) is 23.1 Å². The summed E-state index contributed by atoms with van der Waals surface area (Å²) < 4.78 is 49.6. The molecule has 0 spiro atoms. The van der Waals surface area contributed by atoms with Crippen molar-refractivity contribution in [1.82, 2.24) is 10.4 Å². The van der Waals surface area contributed by atoms with E-state index in [1.54, 1.807) is 12.1 Å². The van der Waals surface area contributed by atoms with Crippen LogP contribution >= 0.6 is 11.6 Å². The van der Waals surface area contributed by atoms with Crippen LogP contribution in [-0.4, -0.2) is 30.2 Å². The van der Waals surface area contributed by atoms with E-state index >= 15 is 0 Å². The second-order valence-electron chi connectivity index (χ2n) is 8.98. The van der Waals surface area contributed by atoms with E-state index in [0.29, 0.717) is 27.7 Å². The molecule has 1 heterocycles. The highest BCUT2D eigenvalue weighted by Crippen LogP contribution is 2.36. The first-order valence-electron chi connectivity index (χ1n) is 12.4. The number of esters is 1. The highest BCUT2D eigenvalue weighted by molar-refractivity contribution is 6.36. The summed E-state index contributed by atoms with van der Waals surface area (Å²) >= 11 is 6.37. The number of H-pyrrole nitrogens is 1. The number of carbonyl (C=O) groups excluding carboxylic acids is 2. The highest BCUT2D eigenvalue weighted by atomic mass is 35.5. The van der Waals surface area contributed by atoms with Crippen LogP contribution in [0.3, 0.4) is 0 Å². The number of alkyl halides is 3. The molecule has 0 saturated heterocycles. The molecule has 0 saturated carbocycles. The van der Waals surface area contributed by atoms with E-state index in [-0.39, 0.29) is 22.8 Å². The van der Waals surface area contributed by atoms with Gasteiger partial charge in [-0.05, 0) is 53.6 Å². The third-order valence-electron chi connectivity index (χ3n) is 6.27. The SMILES string of the molecule is COc1cc(C=NNC(=O)c2[nH]c3c(Cl)cccc3c2-c2ccccc2)ccc1OC(=O)c1cccc(C(F)(F)F)c1. The molecule has 0 aliphatic heterocycles. The maximum Gasteiger partial charge on any atom is 0.416 e. The van der Waals surface area contributed by atoms with Crippen LogP contribution in [0.15, 0.2) is 96.1 Å². The molecule has 2 N–H and O–H groups in total. The number of hydrazone groups is 1. The van der Waals surface area contributed by atoms with Crippen LogP contribution in [0.2, 0.25) is 5.02 Å². The molecule has 0 atom stereocenters. The van der Waals surface area contributed by atoms with Gasteiger partial charge in [0.05, 0.1) is 35.0 Å². The second kappa shape index (κ2) is 11.8. The molecule has 5 aromatic rings. The van der Waals surface area contributed by atoms with Gasteiger partial charge in [0.2, 0.25) is 0 Å². The summed E-state index contributed by atoms with van der Waals surface area (Å²) in [6.07, 6.45) is -3.24. The highest BCUT2D eigenvalue weighted by Gasteiger charge is 2.31. The average molecular weight is 592 g/mol. The Morgan fingerprint density at radius 1 is 0.929 bits per heavy atom. The van der Waals surface area contributed by atoms with E-state index in [1.807, 2.05) is 36.4 Å². The molecule has 212 valence electrons. The number of hydrogen-bond donors (Lipinski definition) is 2. The first-order chi connectivity index (χ1) is 20.2. The number of ether oxygens (including phenoxy) is 2. The van der Waals surface area contributed by atoms with Gasteiger partial charge < -0.3 is 14.5 Å². The van der Waals surface area contributed by atoms with Crippen molar-refractivity contribution in [3.63, 3.8) is 0 Å². The number of halogens is 4. The molecule has 4 aromatic carbocycles. The minimum Gasteiger partial charge on any atom is -0.493 e. The molecule has 1 amide bonds. The Labute approximate surface area is 242 Å². The number of aromatic amines is 1. The van der Waals surface area contributed by atoms with Crippen LogP contribution in [0.1, 0.15) is 32.0 Å². The van der Waals surface area contributed by atoms with Gasteiger partial charge in [-0.15, -0.1) is 0 Å². The molecule has 11 heteroatoms. The smallest absolute Gasteiger partial charge is 0.416 e. The zero-order valence-corrected chi connectivity index (χ0v) is 22.6. The molecule has 1 aromatic heterocycles. The van der Waals surface area contributed by atoms with Crippen LogP contribution in [0.25, 0.3) is 22.0 Å². The molecule has 0 fully saturated rings. The lowest BCUT2D eigenvalue weighted by Gasteiger charge is -2.11. The van der Waals surface area contributed by atoms with Gasteiger partial charge in [0, 0.05) is 10.9 Å². The molecule has 0 unspecified atom stereocenters. The normalized spacial score (nSPS) is 11.5. The summed E-state index contributed by atoms with van der Waals surface area (Å²) in [5, 5.41) is 5.29. The van der Waals surface area contributed by atoms with E-state index in [1.165, 1.54) is 37.6 Å². The van der Waals surface area contributed by atoms with Gasteiger partial charge in [-0.3, -0.25) is 4.79 Å². The maximum absolute atomic E-state index is 13.2. The summed E-state index contributed by atoms with van der Waals surface area (Å²) in [7, 11) is 1.34. The quantitative estimate of drug-likeness (QED) is 0.0887. The lowest BCUT2D eigenvalue weighted by molar-refractivity contribution is -0.137. The van der Waals surface area contributed by atoms with Crippen molar-refractivity contribution in [2.75, 3.05) is 7.11 Å². The van der Waals surface area contributed by atoms with Crippen molar-refractivity contribution in [3.05, 3.63) is 118 Å². The summed E-state index contributed by atoms with van der Waals surface area (Å²) in [6, 6.07) is 23.1. The first kappa shape index (κ1) is 28.4. The average Bonchev–Trinajstić information content (AvgIpc) is 3.39. The number of nitrogens with zero attached hydrogens (tertiary/aromatic N) is 1. The van der Waals surface area contributed by atoms with Gasteiger partial charge in [-0.2, -0.15) is 18.3 Å². The van der Waals surface area contributed by atoms with Crippen LogP contribution in [0, 0.1) is 0 Å². The third kappa shape index (κ3) is 5.98. The Kier molecular flexibility index (Phi) is 7.99. The van der Waals surface area contributed by atoms with Gasteiger partial charge in [0.1, 0.15) is 5.69 Å². The van der Waals surface area contributed by atoms with Crippen molar-refractivity contribution in [1.29, 1.82) is 0 Å². The first-order valence-corrected chi connectivity index (χ1v) is 12.8. The Hall–Kier alpha value is -5.09. The predicted molar refractivity (Wildman–Crippen MR) is 153 cm³/mol. The molecule has 0 aliphatic carbocycles. The maximum atomic E-state index is 13.2. The summed E-state index contributed by atoms with van der Waals surface area (Å²) in [5.74, 6) is -1.37. The molecule has 0 bridgehead atoms. The molecular weight excluding hydrogens is 571 g/mol. The number of methoxy groups -OCH3 is 1. The summed E-state index contributed by atoms with van der Waals surface area (Å²) in [5.41, 5.74) is 4.13. The van der Waals surface area contributed by atoms with Crippen molar-refractivity contribution in [2.24, 2.45) is 5.10 Å². The number of carbonyl (C=O) groups is 2. The Balaban J connectivity index is 1.34. The topological polar surface area (TPSA) is 92.8 Å². The lowest BCUT2D eigenvalue weighted by Crippen LogP contribution is -2.18. The van der Waals surface area contributed by atoms with Gasteiger partial charge in [-0.25, -0.2) is 10.2 Å². The fraction of sp³-hybridized carbons (Fsp3) is 0.0645. The number of benzene rings is 4. The number of hydrogen-bond acceptors (Lipinski definition) is 5. The van der Waals surface area contributed by atoms with Crippen LogP contribution in [0.4, 0.5) is 13.2 Å². The molecule has 0 radical (unpaired) electrons. The molecular formula is C31H21ClF3N3O4. The number of nitrogens with one attached hydrogen (secondary N) is 2. The molecule has 7 nitrogen and oxygen atoms in total. The summed E-state index contributed by atoms with van der Waals surface area (Å²) in [4.78, 5) is 28.8. The molecule has 42 heavy (non-hydrogen) atoms. The lowest BCUT2D eigenvalue weighted by atomic mass is 10.0. The van der Waals surface area contributed by atoms with Gasteiger partial charge in [-0.1, -0.05) is 60.1 Å². The third-order valence-corrected chi connectivity index (χ3v) is 6.58. The Morgan fingerprint density at radius 2 is 1.69 bits per heavy atom. The van der Waals surface area contributed by atoms with Gasteiger partial charge in [0.25, 0.3) is 5.91 Å². The largest absolute Gasteiger partial charge is 0.493 e. The van der Waals surface area contributed by atoms with Crippen molar-refractivity contribution >= 4 is 40.6 Å². The fourth-order valence-electron chi connectivity index (χ4n) is 4.31. The molecule has 0 aliphatic rings. The van der Waals surface area contributed by atoms with Crippen molar-refractivity contribution < 1.29 is 32.2 Å². The number of amides is 1. The van der Waals surface area contributed by atoms with Gasteiger partial charge >= 0.3 is 12.1 Å². The minimum absolute atomic E-state index is 0.0106. The van der Waals surface area contributed by atoms with E-state index in [4.69, 9.17) is 21.1 Å². The standard InChI is InChI=1S/C31H21ClF3N3O4/c1-41-25-15-18(13-14-24(25)42-30(40)20-9-5-10-21(16-20)31(33,34)35)17-36-38-29(39)28-26(19-7-3-2-4-8-19)22-11-6-12-23(32)27(22)37-28/h2-17,37H,1H3,(H,38,39). The van der Waals surface area contributed by atoms with E-state index in [9.17, 15) is 22.8 Å². The predicted octanol–water partition coefficient (Wildman–Crippen LogP) is 7.50. The second-order valence-corrected chi connectivity index (χ2v) is 9.39. The number of aromatic nitrogens is 1. The van der Waals surface area contributed by atoms with E-state index < -0.39 is 23.6 Å². The van der Waals surface area contributed by atoms with E-state index in [2.05, 4.69) is 15.5 Å². The zero-order valence-electron chi connectivity index (χ0n) is 21.8. The Bertz CT molecular complexity index is 1820. The number of rotatable bonds is 7.